The molecule has 3 aromatic rings. The number of rotatable bonds is 1. The van der Waals surface area contributed by atoms with Gasteiger partial charge in [0.05, 0.1) is 11.8 Å². The second-order valence-electron chi connectivity index (χ2n) is 8.20. The summed E-state index contributed by atoms with van der Waals surface area (Å²) in [6.45, 7) is 0. The fourth-order valence-electron chi connectivity index (χ4n) is 5.69. The van der Waals surface area contributed by atoms with Crippen molar-refractivity contribution < 1.29 is 31.5 Å². The van der Waals surface area contributed by atoms with E-state index in [0.717, 1.165) is 22.3 Å². The van der Waals surface area contributed by atoms with Gasteiger partial charge in [-0.15, -0.1) is 0 Å². The van der Waals surface area contributed by atoms with E-state index in [1.165, 1.54) is 0 Å². The van der Waals surface area contributed by atoms with Crippen LogP contribution in [0.1, 0.15) is 34.1 Å². The molecule has 1 heterocycles. The van der Waals surface area contributed by atoms with Gasteiger partial charge in [0.1, 0.15) is 5.69 Å². The number of hydrogen-bond acceptors (Lipinski definition) is 2. The molecule has 160 valence electrons. The Balaban J connectivity index is 1.59. The van der Waals surface area contributed by atoms with Crippen LogP contribution in [0, 0.1) is 40.9 Å². The minimum atomic E-state index is -2.35. The minimum absolute atomic E-state index is 0.156. The summed E-state index contributed by atoms with van der Waals surface area (Å²) in [4.78, 5) is 27.0. The molecule has 2 bridgehead atoms. The van der Waals surface area contributed by atoms with E-state index in [1.807, 2.05) is 24.3 Å². The van der Waals surface area contributed by atoms with E-state index in [-0.39, 0.29) is 4.90 Å². The molecular formula is C24H12F5NO2. The van der Waals surface area contributed by atoms with Crippen LogP contribution in [-0.4, -0.2) is 11.8 Å². The SMILES string of the molecule is O=C1[C@@H]2C3c4ccccc4C(c4ccccc43)[C@@H]2C(=O)N1c1c(F)c(F)c(F)c(F)c1F. The molecule has 8 heteroatoms. The summed E-state index contributed by atoms with van der Waals surface area (Å²) in [5, 5.41) is 0. The Labute approximate surface area is 178 Å². The lowest BCUT2D eigenvalue weighted by atomic mass is 9.55. The van der Waals surface area contributed by atoms with Crippen LogP contribution in [-0.2, 0) is 9.59 Å². The predicted octanol–water partition coefficient (Wildman–Crippen LogP) is 4.78. The average molecular weight is 441 g/mol. The third-order valence-corrected chi connectivity index (χ3v) is 6.86. The third-order valence-electron chi connectivity index (χ3n) is 6.86. The zero-order valence-corrected chi connectivity index (χ0v) is 16.1. The number of hydrogen-bond donors (Lipinski definition) is 0. The molecule has 2 atom stereocenters. The quantitative estimate of drug-likeness (QED) is 0.236. The molecule has 1 saturated heterocycles. The van der Waals surface area contributed by atoms with E-state index in [4.69, 9.17) is 0 Å². The maximum atomic E-state index is 14.5. The molecular weight excluding hydrogens is 429 g/mol. The van der Waals surface area contributed by atoms with Crippen molar-refractivity contribution in [3.63, 3.8) is 0 Å². The first-order valence-electron chi connectivity index (χ1n) is 9.91. The first-order valence-corrected chi connectivity index (χ1v) is 9.91. The fourth-order valence-corrected chi connectivity index (χ4v) is 5.69. The number of carbonyl (C=O) groups is 2. The summed E-state index contributed by atoms with van der Waals surface area (Å²) in [7, 11) is 0. The zero-order chi connectivity index (χ0) is 22.5. The Morgan fingerprint density at radius 1 is 0.531 bits per heavy atom. The van der Waals surface area contributed by atoms with Crippen LogP contribution in [0.15, 0.2) is 48.5 Å². The van der Waals surface area contributed by atoms with E-state index in [2.05, 4.69) is 0 Å². The van der Waals surface area contributed by atoms with E-state index in [0.29, 0.717) is 0 Å². The van der Waals surface area contributed by atoms with Gasteiger partial charge in [-0.1, -0.05) is 48.5 Å². The van der Waals surface area contributed by atoms with Gasteiger partial charge in [0.25, 0.3) is 0 Å². The smallest absolute Gasteiger partial charge is 0.238 e. The van der Waals surface area contributed by atoms with Crippen LogP contribution in [0.5, 0.6) is 0 Å². The highest BCUT2D eigenvalue weighted by atomic mass is 19.2. The Morgan fingerprint density at radius 2 is 0.844 bits per heavy atom. The Morgan fingerprint density at radius 3 is 1.19 bits per heavy atom. The van der Waals surface area contributed by atoms with Gasteiger partial charge in [-0.2, -0.15) is 0 Å². The maximum absolute atomic E-state index is 14.5. The van der Waals surface area contributed by atoms with Crippen LogP contribution in [0.3, 0.4) is 0 Å². The summed E-state index contributed by atoms with van der Waals surface area (Å²) in [5.74, 6) is -16.3. The van der Waals surface area contributed by atoms with Gasteiger partial charge in [-0.25, -0.2) is 26.9 Å². The van der Waals surface area contributed by atoms with Crippen molar-refractivity contribution >= 4 is 17.5 Å². The standard InChI is InChI=1S/C24H12F5NO2/c25-17-18(26)20(28)22(21(29)19(17)27)30-23(31)15-13-9-5-1-2-6-10(9)14(16(15)24(30)32)12-8-4-3-7-11(12)13/h1-8,13-16H/t13?,14?,15-,16+. The van der Waals surface area contributed by atoms with Gasteiger partial charge in [0.15, 0.2) is 23.3 Å². The number of anilines is 1. The molecule has 7 rings (SSSR count). The predicted molar refractivity (Wildman–Crippen MR) is 102 cm³/mol. The van der Waals surface area contributed by atoms with E-state index >= 15 is 0 Å². The molecule has 0 spiro atoms. The molecule has 3 nitrogen and oxygen atoms in total. The molecule has 2 amide bonds. The van der Waals surface area contributed by atoms with Crippen molar-refractivity contribution in [1.82, 2.24) is 0 Å². The second kappa shape index (κ2) is 6.25. The van der Waals surface area contributed by atoms with Crippen molar-refractivity contribution in [3.8, 4) is 0 Å². The van der Waals surface area contributed by atoms with E-state index < -0.39 is 70.3 Å². The van der Waals surface area contributed by atoms with E-state index in [1.54, 1.807) is 24.3 Å². The van der Waals surface area contributed by atoms with Crippen LogP contribution in [0.2, 0.25) is 0 Å². The van der Waals surface area contributed by atoms with E-state index in [9.17, 15) is 31.5 Å². The Hall–Kier alpha value is -3.55. The number of benzene rings is 3. The lowest BCUT2D eigenvalue weighted by Gasteiger charge is -2.45. The average Bonchev–Trinajstić information content (AvgIpc) is 3.07. The molecule has 1 aliphatic heterocycles. The molecule has 32 heavy (non-hydrogen) atoms. The normalized spacial score (nSPS) is 25.1. The Kier molecular flexibility index (Phi) is 3.74. The highest BCUT2D eigenvalue weighted by Crippen LogP contribution is 2.61. The molecule has 0 N–H and O–H groups in total. The summed E-state index contributed by atoms with van der Waals surface area (Å²) in [6, 6.07) is 14.5. The van der Waals surface area contributed by atoms with Gasteiger partial charge in [0.2, 0.25) is 17.6 Å². The largest absolute Gasteiger partial charge is 0.274 e. The van der Waals surface area contributed by atoms with Crippen LogP contribution in [0.25, 0.3) is 0 Å². The first kappa shape index (κ1) is 19.2. The number of nitrogens with zero attached hydrogens (tertiary/aromatic N) is 1. The van der Waals surface area contributed by atoms with Crippen LogP contribution in [0.4, 0.5) is 27.6 Å². The van der Waals surface area contributed by atoms with Crippen molar-refractivity contribution in [2.24, 2.45) is 11.8 Å². The summed E-state index contributed by atoms with van der Waals surface area (Å²) < 4.78 is 70.4. The van der Waals surface area contributed by atoms with Crippen molar-refractivity contribution in [1.29, 1.82) is 0 Å². The molecule has 3 aromatic carbocycles. The molecule has 0 aromatic heterocycles. The van der Waals surface area contributed by atoms with Crippen LogP contribution >= 0.6 is 0 Å². The number of carbonyl (C=O) groups excluding carboxylic acids is 2. The van der Waals surface area contributed by atoms with Gasteiger partial charge in [-0.3, -0.25) is 9.59 Å². The molecule has 0 saturated carbocycles. The van der Waals surface area contributed by atoms with Crippen molar-refractivity contribution in [3.05, 3.63) is 99.9 Å². The second-order valence-corrected chi connectivity index (χ2v) is 8.20. The lowest BCUT2D eigenvalue weighted by Crippen LogP contribution is -2.41. The van der Waals surface area contributed by atoms with Gasteiger partial charge in [0, 0.05) is 11.8 Å². The maximum Gasteiger partial charge on any atom is 0.238 e. The van der Waals surface area contributed by atoms with Gasteiger partial charge in [-0.05, 0) is 22.3 Å². The first-order chi connectivity index (χ1) is 15.3. The molecule has 1 fully saturated rings. The van der Waals surface area contributed by atoms with Gasteiger partial charge >= 0.3 is 0 Å². The highest BCUT2D eigenvalue weighted by molar-refractivity contribution is 6.23. The lowest BCUT2D eigenvalue weighted by molar-refractivity contribution is -0.122. The zero-order valence-electron chi connectivity index (χ0n) is 16.1. The molecule has 0 unspecified atom stereocenters. The van der Waals surface area contributed by atoms with Crippen molar-refractivity contribution in [2.45, 2.75) is 11.8 Å². The van der Waals surface area contributed by atoms with Crippen molar-refractivity contribution in [2.75, 3.05) is 4.90 Å². The Bertz CT molecular complexity index is 1230. The highest BCUT2D eigenvalue weighted by Gasteiger charge is 2.62. The number of imide groups is 1. The third kappa shape index (κ3) is 2.09. The van der Waals surface area contributed by atoms with Crippen LogP contribution < -0.4 is 4.90 Å². The summed E-state index contributed by atoms with van der Waals surface area (Å²) >= 11 is 0. The monoisotopic (exact) mass is 441 g/mol. The molecule has 3 aliphatic carbocycles. The molecule has 0 radical (unpaired) electrons. The topological polar surface area (TPSA) is 37.4 Å². The molecule has 4 aliphatic rings. The fraction of sp³-hybridized carbons (Fsp3) is 0.167. The van der Waals surface area contributed by atoms with Gasteiger partial charge < -0.3 is 0 Å². The summed E-state index contributed by atoms with van der Waals surface area (Å²) in [6.07, 6.45) is 0. The number of halogens is 5. The summed E-state index contributed by atoms with van der Waals surface area (Å²) in [5.41, 5.74) is 1.75. The minimum Gasteiger partial charge on any atom is -0.274 e. The number of amides is 2.